The lowest BCUT2D eigenvalue weighted by atomic mass is 9.71. The second-order valence-electron chi connectivity index (χ2n) is 5.40. The predicted octanol–water partition coefficient (Wildman–Crippen LogP) is 2.95. The molecule has 1 aromatic carbocycles. The van der Waals surface area contributed by atoms with Crippen LogP contribution in [0, 0.1) is 11.8 Å². The van der Waals surface area contributed by atoms with E-state index in [4.69, 9.17) is 4.74 Å². The molecule has 0 aliphatic heterocycles. The summed E-state index contributed by atoms with van der Waals surface area (Å²) < 4.78 is 5.50. The Bertz CT molecular complexity index is 484. The number of rotatable bonds is 5. The summed E-state index contributed by atoms with van der Waals surface area (Å²) >= 11 is 0. The van der Waals surface area contributed by atoms with Crippen LogP contribution in [-0.2, 0) is 6.61 Å². The van der Waals surface area contributed by atoms with Gasteiger partial charge in [0.25, 0.3) is 0 Å². The van der Waals surface area contributed by atoms with E-state index in [-0.39, 0.29) is 6.61 Å². The molecule has 2 aliphatic carbocycles. The number of hydrogen-bond acceptors (Lipinski definition) is 3. The number of hydrogen-bond donors (Lipinski definition) is 2. The molecule has 1 saturated carbocycles. The predicted molar refractivity (Wildman–Crippen MR) is 76.3 cm³/mol. The maximum absolute atomic E-state index is 9.41. The number of anilines is 1. The van der Waals surface area contributed by atoms with Crippen molar-refractivity contribution in [3.8, 4) is 5.75 Å². The molecule has 3 heteroatoms. The van der Waals surface area contributed by atoms with Crippen LogP contribution in [0.1, 0.15) is 25.3 Å². The summed E-state index contributed by atoms with van der Waals surface area (Å²) in [6.45, 7) is 2.59. The molecule has 3 unspecified atom stereocenters. The lowest BCUT2D eigenvalue weighted by Crippen LogP contribution is -2.43. The van der Waals surface area contributed by atoms with Crippen molar-refractivity contribution in [2.45, 2.75) is 32.4 Å². The van der Waals surface area contributed by atoms with Crippen LogP contribution < -0.4 is 10.1 Å². The van der Waals surface area contributed by atoms with Gasteiger partial charge in [-0.15, -0.1) is 0 Å². The molecule has 102 valence electrons. The van der Waals surface area contributed by atoms with Gasteiger partial charge >= 0.3 is 0 Å². The number of benzene rings is 1. The molecule has 0 heterocycles. The highest BCUT2D eigenvalue weighted by Gasteiger charge is 2.40. The van der Waals surface area contributed by atoms with Crippen LogP contribution in [0.15, 0.2) is 30.4 Å². The van der Waals surface area contributed by atoms with E-state index >= 15 is 0 Å². The lowest BCUT2D eigenvalue weighted by molar-refractivity contribution is 0.218. The van der Waals surface area contributed by atoms with Gasteiger partial charge in [0, 0.05) is 23.2 Å². The molecule has 0 aromatic heterocycles. The first kappa shape index (κ1) is 12.5. The summed E-state index contributed by atoms with van der Waals surface area (Å²) in [7, 11) is 0. The van der Waals surface area contributed by atoms with E-state index in [1.807, 2.05) is 25.1 Å². The first-order valence-electron chi connectivity index (χ1n) is 7.11. The van der Waals surface area contributed by atoms with Crippen molar-refractivity contribution in [2.24, 2.45) is 11.8 Å². The van der Waals surface area contributed by atoms with E-state index in [2.05, 4.69) is 17.5 Å². The maximum atomic E-state index is 9.41. The zero-order chi connectivity index (χ0) is 13.2. The molecule has 3 nitrogen and oxygen atoms in total. The van der Waals surface area contributed by atoms with E-state index in [0.717, 1.165) is 22.9 Å². The Balaban J connectivity index is 1.69. The Kier molecular flexibility index (Phi) is 3.47. The maximum Gasteiger partial charge on any atom is 0.124 e. The topological polar surface area (TPSA) is 41.5 Å². The van der Waals surface area contributed by atoms with Crippen molar-refractivity contribution in [2.75, 3.05) is 11.9 Å². The van der Waals surface area contributed by atoms with Gasteiger partial charge in [0.2, 0.25) is 0 Å². The standard InChI is InChI=1S/C16H21NO2/c1-2-19-16-7-6-13(8-12(16)10-18)17-15-9-11-4-3-5-14(11)15/h3,5-8,11,14-15,17-18H,2,4,9-10H2,1H3. The zero-order valence-corrected chi connectivity index (χ0v) is 11.3. The van der Waals surface area contributed by atoms with Crippen molar-refractivity contribution in [1.29, 1.82) is 0 Å². The summed E-state index contributed by atoms with van der Waals surface area (Å²) in [4.78, 5) is 0. The Morgan fingerprint density at radius 1 is 1.42 bits per heavy atom. The fourth-order valence-corrected chi connectivity index (χ4v) is 3.19. The van der Waals surface area contributed by atoms with Gasteiger partial charge in [0.05, 0.1) is 13.2 Å². The van der Waals surface area contributed by atoms with Gasteiger partial charge in [-0.2, -0.15) is 0 Å². The van der Waals surface area contributed by atoms with Crippen LogP contribution in [0.4, 0.5) is 5.69 Å². The summed E-state index contributed by atoms with van der Waals surface area (Å²) in [5, 5.41) is 13.0. The fourth-order valence-electron chi connectivity index (χ4n) is 3.19. The zero-order valence-electron chi connectivity index (χ0n) is 11.3. The molecule has 3 rings (SSSR count). The molecular weight excluding hydrogens is 238 g/mol. The summed E-state index contributed by atoms with van der Waals surface area (Å²) in [5.41, 5.74) is 1.93. The Morgan fingerprint density at radius 3 is 3.05 bits per heavy atom. The summed E-state index contributed by atoms with van der Waals surface area (Å²) in [6.07, 6.45) is 7.13. The highest BCUT2D eigenvalue weighted by molar-refractivity contribution is 5.52. The quantitative estimate of drug-likeness (QED) is 0.799. The van der Waals surface area contributed by atoms with Crippen LogP contribution in [0.25, 0.3) is 0 Å². The second-order valence-corrected chi connectivity index (χ2v) is 5.40. The normalized spacial score (nSPS) is 27.8. The molecule has 0 amide bonds. The molecule has 1 aromatic rings. The van der Waals surface area contributed by atoms with Gasteiger partial charge in [-0.05, 0) is 43.9 Å². The minimum Gasteiger partial charge on any atom is -0.494 e. The van der Waals surface area contributed by atoms with Crippen LogP contribution in [-0.4, -0.2) is 17.8 Å². The third-order valence-electron chi connectivity index (χ3n) is 4.25. The first-order valence-corrected chi connectivity index (χ1v) is 7.11. The van der Waals surface area contributed by atoms with E-state index in [0.29, 0.717) is 18.6 Å². The van der Waals surface area contributed by atoms with Crippen molar-refractivity contribution in [3.63, 3.8) is 0 Å². The second kappa shape index (κ2) is 5.25. The lowest BCUT2D eigenvalue weighted by Gasteiger charge is -2.41. The van der Waals surface area contributed by atoms with E-state index in [9.17, 15) is 5.11 Å². The molecule has 0 radical (unpaired) electrons. The molecule has 19 heavy (non-hydrogen) atoms. The van der Waals surface area contributed by atoms with Gasteiger partial charge in [-0.1, -0.05) is 12.2 Å². The number of nitrogens with one attached hydrogen (secondary N) is 1. The van der Waals surface area contributed by atoms with E-state index in [1.54, 1.807) is 0 Å². The van der Waals surface area contributed by atoms with Crippen LogP contribution in [0.5, 0.6) is 5.75 Å². The SMILES string of the molecule is CCOc1ccc(NC2CC3CC=CC32)cc1CO. The molecule has 2 aliphatic rings. The fraction of sp³-hybridized carbons (Fsp3) is 0.500. The Morgan fingerprint density at radius 2 is 2.32 bits per heavy atom. The van der Waals surface area contributed by atoms with Gasteiger partial charge in [0.1, 0.15) is 5.75 Å². The van der Waals surface area contributed by atoms with Crippen LogP contribution in [0.3, 0.4) is 0 Å². The number of aliphatic hydroxyl groups is 1. The number of allylic oxidation sites excluding steroid dienone is 1. The molecule has 1 fully saturated rings. The molecule has 2 N–H and O–H groups in total. The third kappa shape index (κ3) is 2.35. The summed E-state index contributed by atoms with van der Waals surface area (Å²) in [5.74, 6) is 2.34. The van der Waals surface area contributed by atoms with Crippen molar-refractivity contribution >= 4 is 5.69 Å². The van der Waals surface area contributed by atoms with Crippen molar-refractivity contribution < 1.29 is 9.84 Å². The van der Waals surface area contributed by atoms with Gasteiger partial charge in [0.15, 0.2) is 0 Å². The van der Waals surface area contributed by atoms with Crippen LogP contribution >= 0.6 is 0 Å². The number of fused-ring (bicyclic) bond motifs is 1. The van der Waals surface area contributed by atoms with Crippen molar-refractivity contribution in [1.82, 2.24) is 0 Å². The number of aliphatic hydroxyl groups excluding tert-OH is 1. The average molecular weight is 259 g/mol. The molecule has 3 atom stereocenters. The molecule has 0 bridgehead atoms. The Hall–Kier alpha value is -1.48. The highest BCUT2D eigenvalue weighted by Crippen LogP contribution is 2.44. The highest BCUT2D eigenvalue weighted by atomic mass is 16.5. The average Bonchev–Trinajstić information content (AvgIpc) is 2.79. The van der Waals surface area contributed by atoms with Crippen LogP contribution in [0.2, 0.25) is 0 Å². The van der Waals surface area contributed by atoms with Gasteiger partial charge < -0.3 is 15.2 Å². The summed E-state index contributed by atoms with van der Waals surface area (Å²) in [6, 6.07) is 6.53. The van der Waals surface area contributed by atoms with Gasteiger partial charge in [-0.3, -0.25) is 0 Å². The molecule has 0 saturated heterocycles. The monoisotopic (exact) mass is 259 g/mol. The Labute approximate surface area is 114 Å². The van der Waals surface area contributed by atoms with E-state index in [1.165, 1.54) is 12.8 Å². The number of ether oxygens (including phenoxy) is 1. The van der Waals surface area contributed by atoms with Crippen molar-refractivity contribution in [3.05, 3.63) is 35.9 Å². The smallest absolute Gasteiger partial charge is 0.124 e. The minimum atomic E-state index is 0.0154. The first-order chi connectivity index (χ1) is 9.31. The van der Waals surface area contributed by atoms with E-state index < -0.39 is 0 Å². The molecular formula is C16H21NO2. The largest absolute Gasteiger partial charge is 0.494 e. The molecule has 0 spiro atoms. The minimum absolute atomic E-state index is 0.0154. The van der Waals surface area contributed by atoms with Gasteiger partial charge in [-0.25, -0.2) is 0 Å². The third-order valence-corrected chi connectivity index (χ3v) is 4.25.